The molecule has 0 aromatic heterocycles. The molecule has 0 radical (unpaired) electrons. The molecule has 0 saturated carbocycles. The Kier molecular flexibility index (Phi) is 4.95. The third-order valence-electron chi connectivity index (χ3n) is 3.56. The summed E-state index contributed by atoms with van der Waals surface area (Å²) in [7, 11) is 2.80. The van der Waals surface area contributed by atoms with Crippen molar-refractivity contribution in [3.63, 3.8) is 0 Å². The smallest absolute Gasteiger partial charge is 0.408 e. The van der Waals surface area contributed by atoms with Gasteiger partial charge in [0, 0.05) is 31.7 Å². The van der Waals surface area contributed by atoms with E-state index in [1.807, 2.05) is 0 Å². The Hall–Kier alpha value is -1.47. The molecule has 1 aromatic rings. The zero-order valence-corrected chi connectivity index (χ0v) is 12.0. The van der Waals surface area contributed by atoms with Gasteiger partial charge in [0.2, 0.25) is 0 Å². The Morgan fingerprint density at radius 3 is 2.33 bits per heavy atom. The Bertz CT molecular complexity index is 474. The molecule has 1 aliphatic heterocycles. The number of nitrogens with one attached hydrogen (secondary N) is 1. The second kappa shape index (κ2) is 6.53. The molecule has 0 unspecified atom stereocenters. The van der Waals surface area contributed by atoms with Crippen LogP contribution in [0.25, 0.3) is 0 Å². The highest BCUT2D eigenvalue weighted by Crippen LogP contribution is 2.42. The number of hydrogen-bond donors (Lipinski definition) is 1. The number of methoxy groups -OCH3 is 2. The molecule has 4 nitrogen and oxygen atoms in total. The third-order valence-corrected chi connectivity index (χ3v) is 3.56. The Morgan fingerprint density at radius 1 is 1.14 bits per heavy atom. The Labute approximate surface area is 121 Å². The SMILES string of the molecule is COc1ccc(OC)c([C@@H](N2CCNCC2)C(F)(F)F)c1. The van der Waals surface area contributed by atoms with Crippen molar-refractivity contribution in [3.8, 4) is 11.5 Å². The van der Waals surface area contributed by atoms with Gasteiger partial charge >= 0.3 is 6.18 Å². The topological polar surface area (TPSA) is 33.7 Å². The quantitative estimate of drug-likeness (QED) is 0.925. The molecule has 1 aromatic carbocycles. The van der Waals surface area contributed by atoms with Crippen LogP contribution in [-0.4, -0.2) is 51.5 Å². The van der Waals surface area contributed by atoms with Crippen LogP contribution in [-0.2, 0) is 0 Å². The molecule has 0 bridgehead atoms. The van der Waals surface area contributed by atoms with Gasteiger partial charge in [-0.3, -0.25) is 4.90 Å². The number of alkyl halides is 3. The molecule has 0 spiro atoms. The highest BCUT2D eigenvalue weighted by atomic mass is 19.4. The largest absolute Gasteiger partial charge is 0.497 e. The molecule has 0 amide bonds. The fourth-order valence-electron chi connectivity index (χ4n) is 2.57. The Morgan fingerprint density at radius 2 is 1.81 bits per heavy atom. The van der Waals surface area contributed by atoms with Crippen LogP contribution in [0, 0.1) is 0 Å². The van der Waals surface area contributed by atoms with Crippen LogP contribution in [0.3, 0.4) is 0 Å². The van der Waals surface area contributed by atoms with Gasteiger partial charge in [-0.25, -0.2) is 0 Å². The third kappa shape index (κ3) is 3.59. The van der Waals surface area contributed by atoms with E-state index in [-0.39, 0.29) is 11.3 Å². The summed E-state index contributed by atoms with van der Waals surface area (Å²) in [5.74, 6) is 0.604. The standard InChI is InChI=1S/C14H19F3N2O2/c1-20-10-3-4-12(21-2)11(9-10)13(14(15,16)17)19-7-5-18-6-8-19/h3-4,9,13,18H,5-8H2,1-2H3/t13-/m1/s1. The predicted octanol–water partition coefficient (Wildman–Crippen LogP) is 2.21. The van der Waals surface area contributed by atoms with Crippen LogP contribution >= 0.6 is 0 Å². The summed E-state index contributed by atoms with van der Waals surface area (Å²) >= 11 is 0. The highest BCUT2D eigenvalue weighted by Gasteiger charge is 2.46. The molecule has 21 heavy (non-hydrogen) atoms. The maximum absolute atomic E-state index is 13.6. The first kappa shape index (κ1) is 15.9. The molecule has 1 aliphatic rings. The lowest BCUT2D eigenvalue weighted by Crippen LogP contribution is -2.49. The zero-order valence-electron chi connectivity index (χ0n) is 12.0. The van der Waals surface area contributed by atoms with E-state index in [0.717, 1.165) is 0 Å². The van der Waals surface area contributed by atoms with E-state index in [1.54, 1.807) is 6.07 Å². The molecular weight excluding hydrogens is 285 g/mol. The average molecular weight is 304 g/mol. The van der Waals surface area contributed by atoms with Crippen LogP contribution in [0.5, 0.6) is 11.5 Å². The molecule has 1 atom stereocenters. The molecule has 1 fully saturated rings. The normalized spacial score (nSPS) is 18.3. The maximum Gasteiger partial charge on any atom is 0.408 e. The maximum atomic E-state index is 13.6. The lowest BCUT2D eigenvalue weighted by Gasteiger charge is -2.36. The fraction of sp³-hybridized carbons (Fsp3) is 0.571. The van der Waals surface area contributed by atoms with Crippen LogP contribution < -0.4 is 14.8 Å². The minimum atomic E-state index is -4.38. The van der Waals surface area contributed by atoms with Crippen molar-refractivity contribution >= 4 is 0 Å². The van der Waals surface area contributed by atoms with Crippen molar-refractivity contribution in [2.45, 2.75) is 12.2 Å². The van der Waals surface area contributed by atoms with Crippen molar-refractivity contribution in [1.82, 2.24) is 10.2 Å². The zero-order chi connectivity index (χ0) is 15.5. The monoisotopic (exact) mass is 304 g/mol. The summed E-state index contributed by atoms with van der Waals surface area (Å²) in [5, 5.41) is 3.06. The van der Waals surface area contributed by atoms with Crippen LogP contribution in [0.15, 0.2) is 18.2 Å². The Balaban J connectivity index is 2.44. The van der Waals surface area contributed by atoms with Crippen LogP contribution in [0.4, 0.5) is 13.2 Å². The van der Waals surface area contributed by atoms with Crippen molar-refractivity contribution < 1.29 is 22.6 Å². The molecule has 2 rings (SSSR count). The number of benzene rings is 1. The van der Waals surface area contributed by atoms with Gasteiger partial charge in [-0.2, -0.15) is 13.2 Å². The number of nitrogens with zero attached hydrogens (tertiary/aromatic N) is 1. The molecule has 1 heterocycles. The summed E-state index contributed by atoms with van der Waals surface area (Å²) in [6, 6.07) is 2.81. The van der Waals surface area contributed by atoms with E-state index in [2.05, 4.69) is 5.32 Å². The van der Waals surface area contributed by atoms with E-state index >= 15 is 0 Å². The number of piperazine rings is 1. The van der Waals surface area contributed by atoms with Crippen molar-refractivity contribution in [2.24, 2.45) is 0 Å². The van der Waals surface area contributed by atoms with Crippen LogP contribution in [0.1, 0.15) is 11.6 Å². The number of hydrogen-bond acceptors (Lipinski definition) is 4. The minimum absolute atomic E-state index is 0.0891. The van der Waals surface area contributed by atoms with Crippen molar-refractivity contribution in [1.29, 1.82) is 0 Å². The van der Waals surface area contributed by atoms with Gasteiger partial charge in [0.05, 0.1) is 14.2 Å². The van der Waals surface area contributed by atoms with Gasteiger partial charge in [-0.05, 0) is 18.2 Å². The van der Waals surface area contributed by atoms with Gasteiger partial charge < -0.3 is 14.8 Å². The van der Waals surface area contributed by atoms with Crippen molar-refractivity contribution in [3.05, 3.63) is 23.8 Å². The number of halogens is 3. The molecule has 1 N–H and O–H groups in total. The summed E-state index contributed by atoms with van der Waals surface area (Å²) in [4.78, 5) is 1.42. The summed E-state index contributed by atoms with van der Waals surface area (Å²) in [5.41, 5.74) is 0.0891. The summed E-state index contributed by atoms with van der Waals surface area (Å²) in [6.45, 7) is 1.76. The summed E-state index contributed by atoms with van der Waals surface area (Å²) < 4.78 is 50.9. The van der Waals surface area contributed by atoms with Gasteiger partial charge in [0.15, 0.2) is 0 Å². The molecular formula is C14H19F3N2O2. The lowest BCUT2D eigenvalue weighted by molar-refractivity contribution is -0.188. The van der Waals surface area contributed by atoms with Crippen LogP contribution in [0.2, 0.25) is 0 Å². The fourth-order valence-corrected chi connectivity index (χ4v) is 2.57. The van der Waals surface area contributed by atoms with E-state index in [4.69, 9.17) is 9.47 Å². The molecule has 118 valence electrons. The first-order chi connectivity index (χ1) is 9.97. The highest BCUT2D eigenvalue weighted by molar-refractivity contribution is 5.43. The molecule has 1 saturated heterocycles. The van der Waals surface area contributed by atoms with E-state index in [9.17, 15) is 13.2 Å². The lowest BCUT2D eigenvalue weighted by atomic mass is 10.0. The predicted molar refractivity (Wildman–Crippen MR) is 72.8 cm³/mol. The first-order valence-corrected chi connectivity index (χ1v) is 6.70. The van der Waals surface area contributed by atoms with E-state index < -0.39 is 12.2 Å². The molecule has 7 heteroatoms. The number of ether oxygens (including phenoxy) is 2. The average Bonchev–Trinajstić information content (AvgIpc) is 2.47. The van der Waals surface area contributed by atoms with Crippen molar-refractivity contribution in [2.75, 3.05) is 40.4 Å². The first-order valence-electron chi connectivity index (χ1n) is 6.70. The second-order valence-corrected chi connectivity index (χ2v) is 4.84. The second-order valence-electron chi connectivity index (χ2n) is 4.84. The van der Waals surface area contributed by atoms with E-state index in [1.165, 1.54) is 31.3 Å². The van der Waals surface area contributed by atoms with Gasteiger partial charge in [0.1, 0.15) is 17.5 Å². The summed E-state index contributed by atoms with van der Waals surface area (Å²) in [6.07, 6.45) is -4.38. The minimum Gasteiger partial charge on any atom is -0.497 e. The van der Waals surface area contributed by atoms with E-state index in [0.29, 0.717) is 31.9 Å². The molecule has 0 aliphatic carbocycles. The van der Waals surface area contributed by atoms with Gasteiger partial charge in [0.25, 0.3) is 0 Å². The number of rotatable bonds is 4. The van der Waals surface area contributed by atoms with Gasteiger partial charge in [-0.1, -0.05) is 0 Å². The van der Waals surface area contributed by atoms with Gasteiger partial charge in [-0.15, -0.1) is 0 Å².